The molecule has 190 valence electrons. The number of rotatable bonds is 4. The number of hydrogen-bond donors (Lipinski definition) is 0. The maximum absolute atomic E-state index is 13.6. The molecule has 2 aromatic heterocycles. The Labute approximate surface area is 208 Å². The Bertz CT molecular complexity index is 1420. The average molecular weight is 544 g/mol. The second kappa shape index (κ2) is 9.21. The van der Waals surface area contributed by atoms with E-state index in [-0.39, 0.29) is 22.2 Å². The minimum absolute atomic E-state index is 0.0334. The molecule has 1 aromatic carbocycles. The van der Waals surface area contributed by atoms with Crippen LogP contribution < -0.4 is 13.5 Å². The van der Waals surface area contributed by atoms with E-state index in [0.717, 1.165) is 21.3 Å². The number of benzene rings is 1. The van der Waals surface area contributed by atoms with Crippen LogP contribution in [0.4, 0.5) is 34.9 Å². The number of amides is 1. The SMILES string of the molecule is Cc1cc(C(F)(F)F)cc(N2[C@H](C(=O)N(C)c3ccc(F)c(Cl)c3)CN(c3ccccn3)S2(=O)=O)n1. The number of likely N-dealkylation sites (N-methyl/N-ethyl adjacent to an activating group) is 1. The lowest BCUT2D eigenvalue weighted by molar-refractivity contribution is -0.137. The summed E-state index contributed by atoms with van der Waals surface area (Å²) in [7, 11) is -3.29. The van der Waals surface area contributed by atoms with Gasteiger partial charge < -0.3 is 4.90 Å². The average Bonchev–Trinajstić information content (AvgIpc) is 3.10. The van der Waals surface area contributed by atoms with Gasteiger partial charge in [0.25, 0.3) is 5.91 Å². The molecule has 0 unspecified atom stereocenters. The molecular formula is C22H18ClF4N5O3S. The standard InChI is InChI=1S/C22H18ClF4N5O3S/c1-13-9-14(22(25,26)27)10-20(29-13)32-18(12-31(36(32,34)35)19-5-3-4-8-28-19)21(33)30(2)15-6-7-17(24)16(23)11-15/h3-11,18H,12H2,1-2H3/t18-/m0/s1. The van der Waals surface area contributed by atoms with Crippen molar-refractivity contribution in [1.82, 2.24) is 9.97 Å². The molecule has 0 radical (unpaired) electrons. The third-order valence-electron chi connectivity index (χ3n) is 5.45. The fourth-order valence-corrected chi connectivity index (χ4v) is 5.60. The monoisotopic (exact) mass is 543 g/mol. The summed E-state index contributed by atoms with van der Waals surface area (Å²) in [6.07, 6.45) is -3.45. The quantitative estimate of drug-likeness (QED) is 0.460. The van der Waals surface area contributed by atoms with Crippen LogP contribution in [0.15, 0.2) is 54.7 Å². The fraction of sp³-hybridized carbons (Fsp3) is 0.227. The number of carbonyl (C=O) groups excluding carboxylic acids is 1. The number of aromatic nitrogens is 2. The van der Waals surface area contributed by atoms with Crippen molar-refractivity contribution in [2.24, 2.45) is 0 Å². The zero-order valence-corrected chi connectivity index (χ0v) is 20.3. The van der Waals surface area contributed by atoms with E-state index < -0.39 is 52.1 Å². The maximum atomic E-state index is 13.6. The Hall–Kier alpha value is -3.45. The first-order chi connectivity index (χ1) is 16.8. The van der Waals surface area contributed by atoms with Crippen molar-refractivity contribution in [3.8, 4) is 0 Å². The summed E-state index contributed by atoms with van der Waals surface area (Å²) in [4.78, 5) is 22.6. The molecular weight excluding hydrogens is 526 g/mol. The first-order valence-corrected chi connectivity index (χ1v) is 12.1. The van der Waals surface area contributed by atoms with Crippen LogP contribution in [-0.4, -0.2) is 43.9 Å². The Morgan fingerprint density at radius 2 is 1.86 bits per heavy atom. The molecule has 0 saturated carbocycles. The lowest BCUT2D eigenvalue weighted by atomic mass is 10.2. The molecule has 1 atom stereocenters. The van der Waals surface area contributed by atoms with Crippen LogP contribution in [0, 0.1) is 12.7 Å². The van der Waals surface area contributed by atoms with E-state index in [4.69, 9.17) is 11.6 Å². The van der Waals surface area contributed by atoms with Crippen molar-refractivity contribution in [2.45, 2.75) is 19.1 Å². The first-order valence-electron chi connectivity index (χ1n) is 10.3. The normalized spacial score (nSPS) is 17.4. The molecule has 8 nitrogen and oxygen atoms in total. The summed E-state index contributed by atoms with van der Waals surface area (Å²) in [6, 6.07) is 7.74. The highest BCUT2D eigenvalue weighted by Gasteiger charge is 2.50. The number of pyridine rings is 2. The molecule has 1 fully saturated rings. The largest absolute Gasteiger partial charge is 0.416 e. The molecule has 1 saturated heterocycles. The Kier molecular flexibility index (Phi) is 6.56. The molecule has 0 spiro atoms. The number of anilines is 3. The van der Waals surface area contributed by atoms with Crippen molar-refractivity contribution in [3.05, 3.63) is 76.8 Å². The van der Waals surface area contributed by atoms with Crippen molar-refractivity contribution >= 4 is 45.0 Å². The maximum Gasteiger partial charge on any atom is 0.416 e. The van der Waals surface area contributed by atoms with Crippen LogP contribution in [0.2, 0.25) is 5.02 Å². The molecule has 36 heavy (non-hydrogen) atoms. The van der Waals surface area contributed by atoms with Gasteiger partial charge in [0, 0.05) is 24.6 Å². The zero-order chi connectivity index (χ0) is 26.4. The van der Waals surface area contributed by atoms with Crippen LogP contribution >= 0.6 is 11.6 Å². The topological polar surface area (TPSA) is 86.7 Å². The Morgan fingerprint density at radius 1 is 1.14 bits per heavy atom. The second-order valence-corrected chi connectivity index (χ2v) is 10.0. The van der Waals surface area contributed by atoms with Gasteiger partial charge in [-0.25, -0.2) is 23.0 Å². The summed E-state index contributed by atoms with van der Waals surface area (Å²) in [5, 5.41) is -0.270. The van der Waals surface area contributed by atoms with Crippen molar-refractivity contribution < 1.29 is 30.8 Å². The third-order valence-corrected chi connectivity index (χ3v) is 7.57. The van der Waals surface area contributed by atoms with E-state index in [1.54, 1.807) is 6.07 Å². The van der Waals surface area contributed by atoms with E-state index >= 15 is 0 Å². The van der Waals surface area contributed by atoms with Crippen LogP contribution in [0.1, 0.15) is 11.3 Å². The highest BCUT2D eigenvalue weighted by atomic mass is 35.5. The molecule has 1 amide bonds. The summed E-state index contributed by atoms with van der Waals surface area (Å²) < 4.78 is 82.7. The lowest BCUT2D eigenvalue weighted by Gasteiger charge is -2.27. The van der Waals surface area contributed by atoms with Gasteiger partial charge in [-0.05, 0) is 49.4 Å². The highest BCUT2D eigenvalue weighted by Crippen LogP contribution is 2.37. The molecule has 14 heteroatoms. The summed E-state index contributed by atoms with van der Waals surface area (Å²) in [6.45, 7) is 0.815. The van der Waals surface area contributed by atoms with Gasteiger partial charge in [0.2, 0.25) is 0 Å². The van der Waals surface area contributed by atoms with Gasteiger partial charge in [-0.1, -0.05) is 17.7 Å². The fourth-order valence-electron chi connectivity index (χ4n) is 3.73. The number of carbonyl (C=O) groups is 1. The van der Waals surface area contributed by atoms with E-state index in [0.29, 0.717) is 10.4 Å². The lowest BCUT2D eigenvalue weighted by Crippen LogP contribution is -2.47. The predicted molar refractivity (Wildman–Crippen MR) is 126 cm³/mol. The molecule has 1 aliphatic heterocycles. The van der Waals surface area contributed by atoms with Crippen LogP contribution in [0.5, 0.6) is 0 Å². The molecule has 0 bridgehead atoms. The Morgan fingerprint density at radius 3 is 2.47 bits per heavy atom. The summed E-state index contributed by atoms with van der Waals surface area (Å²) >= 11 is 5.82. The van der Waals surface area contributed by atoms with Crippen molar-refractivity contribution in [3.63, 3.8) is 0 Å². The molecule has 0 N–H and O–H groups in total. The first kappa shape index (κ1) is 25.6. The smallest absolute Gasteiger partial charge is 0.314 e. The number of halogens is 5. The molecule has 1 aliphatic rings. The second-order valence-electron chi connectivity index (χ2n) is 7.89. The van der Waals surface area contributed by atoms with Gasteiger partial charge in [-0.2, -0.15) is 21.6 Å². The summed E-state index contributed by atoms with van der Waals surface area (Å²) in [5.74, 6) is -2.15. The van der Waals surface area contributed by atoms with E-state index in [9.17, 15) is 30.8 Å². The van der Waals surface area contributed by atoms with Gasteiger partial charge in [0.15, 0.2) is 0 Å². The predicted octanol–water partition coefficient (Wildman–Crippen LogP) is 4.20. The summed E-state index contributed by atoms with van der Waals surface area (Å²) in [5.41, 5.74) is -1.08. The van der Waals surface area contributed by atoms with Crippen LogP contribution in [-0.2, 0) is 21.2 Å². The van der Waals surface area contributed by atoms with Gasteiger partial charge in [-0.3, -0.25) is 4.79 Å². The minimum Gasteiger partial charge on any atom is -0.314 e. The number of aryl methyl sites for hydroxylation is 1. The number of hydrogen-bond acceptors (Lipinski definition) is 5. The van der Waals surface area contributed by atoms with E-state index in [2.05, 4.69) is 9.97 Å². The van der Waals surface area contributed by atoms with Gasteiger partial charge in [0.1, 0.15) is 23.5 Å². The third kappa shape index (κ3) is 4.67. The molecule has 3 heterocycles. The van der Waals surface area contributed by atoms with Gasteiger partial charge >= 0.3 is 16.4 Å². The highest BCUT2D eigenvalue weighted by molar-refractivity contribution is 7.94. The molecule has 3 aromatic rings. The van der Waals surface area contributed by atoms with Gasteiger partial charge in [-0.15, -0.1) is 0 Å². The molecule has 4 rings (SSSR count). The number of alkyl halides is 3. The minimum atomic E-state index is -4.78. The molecule has 0 aliphatic carbocycles. The van der Waals surface area contributed by atoms with E-state index in [1.807, 2.05) is 0 Å². The number of nitrogens with zero attached hydrogens (tertiary/aromatic N) is 5. The zero-order valence-electron chi connectivity index (χ0n) is 18.7. The Balaban J connectivity index is 1.84. The van der Waals surface area contributed by atoms with Crippen molar-refractivity contribution in [2.75, 3.05) is 27.1 Å². The van der Waals surface area contributed by atoms with Crippen LogP contribution in [0.3, 0.4) is 0 Å². The van der Waals surface area contributed by atoms with Crippen LogP contribution in [0.25, 0.3) is 0 Å². The van der Waals surface area contributed by atoms with Gasteiger partial charge in [0.05, 0.1) is 17.1 Å². The van der Waals surface area contributed by atoms with E-state index in [1.165, 1.54) is 44.4 Å². The van der Waals surface area contributed by atoms with Crippen molar-refractivity contribution in [1.29, 1.82) is 0 Å².